The fourth-order valence-electron chi connectivity index (χ4n) is 2.45. The van der Waals surface area contributed by atoms with Crippen LogP contribution in [-0.2, 0) is 25.6 Å². The minimum Gasteiger partial charge on any atom is -0.396 e. The van der Waals surface area contributed by atoms with Gasteiger partial charge in [0.2, 0.25) is 0 Å². The van der Waals surface area contributed by atoms with Crippen LogP contribution in [0.15, 0.2) is 28.3 Å². The maximum atomic E-state index is 12.9. The van der Waals surface area contributed by atoms with Gasteiger partial charge in [0.05, 0.1) is 16.7 Å². The number of benzene rings is 1. The van der Waals surface area contributed by atoms with E-state index in [0.717, 1.165) is 12.3 Å². The smallest absolute Gasteiger partial charge is 0.396 e. The van der Waals surface area contributed by atoms with E-state index in [1.165, 1.54) is 0 Å². The standard InChI is InChI=1S/C17H18F3NO5S/c1-3-26-21-9-13(15(22)10-4-5-10)16(23)12-7-6-11(17(18,19)20)8-14(12)27(2,24)25/h6-10,13H,3-5H2,1-2H3. The zero-order valence-corrected chi connectivity index (χ0v) is 15.4. The molecule has 148 valence electrons. The van der Waals surface area contributed by atoms with Crippen molar-refractivity contribution < 1.29 is 36.0 Å². The molecule has 6 nitrogen and oxygen atoms in total. The van der Waals surface area contributed by atoms with Crippen molar-refractivity contribution >= 4 is 27.6 Å². The summed E-state index contributed by atoms with van der Waals surface area (Å²) >= 11 is 0. The predicted octanol–water partition coefficient (Wildman–Crippen LogP) is 2.91. The Hall–Kier alpha value is -2.23. The number of alkyl halides is 3. The van der Waals surface area contributed by atoms with Crippen LogP contribution in [0.5, 0.6) is 0 Å². The lowest BCUT2D eigenvalue weighted by Crippen LogP contribution is -2.28. The van der Waals surface area contributed by atoms with E-state index in [1.807, 2.05) is 0 Å². The molecular weight excluding hydrogens is 387 g/mol. The normalized spacial score (nSPS) is 16.3. The van der Waals surface area contributed by atoms with Gasteiger partial charge in [-0.2, -0.15) is 13.2 Å². The molecule has 1 unspecified atom stereocenters. The zero-order valence-electron chi connectivity index (χ0n) is 14.6. The Balaban J connectivity index is 2.52. The molecule has 1 atom stereocenters. The number of ketones is 2. The second-order valence-corrected chi connectivity index (χ2v) is 8.16. The first-order chi connectivity index (χ1) is 12.5. The van der Waals surface area contributed by atoms with E-state index < -0.39 is 49.5 Å². The topological polar surface area (TPSA) is 89.9 Å². The average Bonchev–Trinajstić information content (AvgIpc) is 3.40. The van der Waals surface area contributed by atoms with Crippen LogP contribution in [0.2, 0.25) is 0 Å². The van der Waals surface area contributed by atoms with Gasteiger partial charge >= 0.3 is 6.18 Å². The number of hydrogen-bond donors (Lipinski definition) is 0. The fraction of sp³-hybridized carbons (Fsp3) is 0.471. The zero-order chi connectivity index (χ0) is 20.4. The summed E-state index contributed by atoms with van der Waals surface area (Å²) in [7, 11) is -4.16. The number of sulfone groups is 1. The van der Waals surface area contributed by atoms with E-state index in [9.17, 15) is 31.2 Å². The van der Waals surface area contributed by atoms with Gasteiger partial charge in [0.25, 0.3) is 0 Å². The third kappa shape index (κ3) is 5.15. The average molecular weight is 405 g/mol. The summed E-state index contributed by atoms with van der Waals surface area (Å²) in [6.07, 6.45) is -1.92. The highest BCUT2D eigenvalue weighted by Crippen LogP contribution is 2.35. The number of oxime groups is 1. The van der Waals surface area contributed by atoms with Crippen LogP contribution in [0, 0.1) is 11.8 Å². The first-order valence-electron chi connectivity index (χ1n) is 8.11. The highest BCUT2D eigenvalue weighted by Gasteiger charge is 2.40. The Labute approximate surface area is 154 Å². The van der Waals surface area contributed by atoms with Crippen molar-refractivity contribution in [2.45, 2.75) is 30.8 Å². The molecule has 1 aromatic rings. The summed E-state index contributed by atoms with van der Waals surface area (Å²) in [5.41, 5.74) is -1.68. The number of halogens is 3. The van der Waals surface area contributed by atoms with E-state index in [2.05, 4.69) is 5.16 Å². The summed E-state index contributed by atoms with van der Waals surface area (Å²) in [6.45, 7) is 1.82. The van der Waals surface area contributed by atoms with Crippen molar-refractivity contribution in [3.05, 3.63) is 29.3 Å². The molecule has 1 fully saturated rings. The van der Waals surface area contributed by atoms with E-state index in [4.69, 9.17) is 4.84 Å². The highest BCUT2D eigenvalue weighted by molar-refractivity contribution is 7.90. The van der Waals surface area contributed by atoms with Crippen LogP contribution in [0.3, 0.4) is 0 Å². The maximum Gasteiger partial charge on any atom is 0.416 e. The fourth-order valence-corrected chi connectivity index (χ4v) is 3.36. The van der Waals surface area contributed by atoms with Gasteiger partial charge < -0.3 is 4.84 Å². The molecule has 1 aromatic carbocycles. The lowest BCUT2D eigenvalue weighted by molar-refractivity contribution is -0.137. The Morgan fingerprint density at radius 1 is 1.33 bits per heavy atom. The van der Waals surface area contributed by atoms with Gasteiger partial charge in [-0.3, -0.25) is 9.59 Å². The number of hydrogen-bond acceptors (Lipinski definition) is 6. The van der Waals surface area contributed by atoms with Gasteiger partial charge in [-0.15, -0.1) is 0 Å². The van der Waals surface area contributed by atoms with Gasteiger partial charge in [0, 0.05) is 17.7 Å². The summed E-state index contributed by atoms with van der Waals surface area (Å²) in [4.78, 5) is 29.2. The van der Waals surface area contributed by atoms with Gasteiger partial charge in [0.1, 0.15) is 12.5 Å². The summed E-state index contributed by atoms with van der Waals surface area (Å²) in [6, 6.07) is 1.80. The monoisotopic (exact) mass is 405 g/mol. The number of Topliss-reactive ketones (excluding diaryl/α,β-unsaturated/α-hetero) is 2. The third-order valence-electron chi connectivity index (χ3n) is 3.96. The van der Waals surface area contributed by atoms with E-state index >= 15 is 0 Å². The van der Waals surface area contributed by atoms with E-state index in [0.29, 0.717) is 31.2 Å². The predicted molar refractivity (Wildman–Crippen MR) is 90.2 cm³/mol. The van der Waals surface area contributed by atoms with E-state index in [1.54, 1.807) is 6.92 Å². The Kier molecular flexibility index (Phi) is 6.08. The molecule has 0 heterocycles. The Morgan fingerprint density at radius 2 is 1.96 bits per heavy atom. The minimum atomic E-state index is -4.78. The van der Waals surface area contributed by atoms with Crippen molar-refractivity contribution in [2.75, 3.05) is 12.9 Å². The first kappa shape index (κ1) is 21.1. The molecule has 10 heteroatoms. The van der Waals surface area contributed by atoms with Crippen molar-refractivity contribution in [3.63, 3.8) is 0 Å². The molecule has 0 spiro atoms. The van der Waals surface area contributed by atoms with Gasteiger partial charge in [-0.25, -0.2) is 8.42 Å². The number of nitrogens with zero attached hydrogens (tertiary/aromatic N) is 1. The molecule has 1 aliphatic rings. The van der Waals surface area contributed by atoms with Crippen molar-refractivity contribution in [3.8, 4) is 0 Å². The molecule has 0 saturated heterocycles. The van der Waals surface area contributed by atoms with Gasteiger partial charge in [-0.1, -0.05) is 5.16 Å². The van der Waals surface area contributed by atoms with Crippen LogP contribution in [0.4, 0.5) is 13.2 Å². The van der Waals surface area contributed by atoms with Crippen molar-refractivity contribution in [1.29, 1.82) is 0 Å². The molecule has 1 aliphatic carbocycles. The lowest BCUT2D eigenvalue weighted by atomic mass is 9.92. The first-order valence-corrected chi connectivity index (χ1v) is 10.0. The SMILES string of the molecule is CCON=CC(C(=O)c1ccc(C(F)(F)F)cc1S(C)(=O)=O)C(=O)C1CC1. The van der Waals surface area contributed by atoms with Crippen LogP contribution in [0.25, 0.3) is 0 Å². The second-order valence-electron chi connectivity index (χ2n) is 6.17. The molecule has 0 radical (unpaired) electrons. The quantitative estimate of drug-likeness (QED) is 0.287. The maximum absolute atomic E-state index is 12.9. The largest absolute Gasteiger partial charge is 0.416 e. The Morgan fingerprint density at radius 3 is 2.44 bits per heavy atom. The third-order valence-corrected chi connectivity index (χ3v) is 5.09. The second kappa shape index (κ2) is 7.79. The van der Waals surface area contributed by atoms with E-state index in [-0.39, 0.29) is 12.5 Å². The molecule has 0 bridgehead atoms. The summed E-state index contributed by atoms with van der Waals surface area (Å²) in [5, 5.41) is 3.52. The molecular formula is C17H18F3NO5S. The lowest BCUT2D eigenvalue weighted by Gasteiger charge is -2.15. The summed E-state index contributed by atoms with van der Waals surface area (Å²) in [5.74, 6) is -3.14. The molecule has 0 aromatic heterocycles. The number of carbonyl (C=O) groups is 2. The highest BCUT2D eigenvalue weighted by atomic mass is 32.2. The molecule has 0 aliphatic heterocycles. The van der Waals surface area contributed by atoms with Crippen LogP contribution < -0.4 is 0 Å². The van der Waals surface area contributed by atoms with Crippen LogP contribution in [-0.4, -0.2) is 39.1 Å². The van der Waals surface area contributed by atoms with Gasteiger partial charge in [0.15, 0.2) is 21.4 Å². The number of rotatable bonds is 8. The molecule has 0 N–H and O–H groups in total. The molecule has 0 amide bonds. The Bertz CT molecular complexity index is 873. The van der Waals surface area contributed by atoms with Crippen LogP contribution in [0.1, 0.15) is 35.7 Å². The number of carbonyl (C=O) groups excluding carboxylic acids is 2. The van der Waals surface area contributed by atoms with Crippen LogP contribution >= 0.6 is 0 Å². The van der Waals surface area contributed by atoms with Crippen molar-refractivity contribution in [1.82, 2.24) is 0 Å². The van der Waals surface area contributed by atoms with Gasteiger partial charge in [-0.05, 0) is 38.0 Å². The minimum absolute atomic E-state index is 0.184. The van der Waals surface area contributed by atoms with Crippen molar-refractivity contribution in [2.24, 2.45) is 17.0 Å². The summed E-state index contributed by atoms with van der Waals surface area (Å²) < 4.78 is 62.7. The molecule has 2 rings (SSSR count). The molecule has 27 heavy (non-hydrogen) atoms. The molecule has 1 saturated carbocycles.